The number of aryl methyl sites for hydroxylation is 1. The Morgan fingerprint density at radius 2 is 1.88 bits per heavy atom. The second-order valence-corrected chi connectivity index (χ2v) is 7.90. The van der Waals surface area contributed by atoms with Gasteiger partial charge in [0, 0.05) is 43.8 Å². The number of rotatable bonds is 4. The van der Waals surface area contributed by atoms with Gasteiger partial charge in [0.25, 0.3) is 5.91 Å². The summed E-state index contributed by atoms with van der Waals surface area (Å²) < 4.78 is 2.02. The molecule has 24 heavy (non-hydrogen) atoms. The van der Waals surface area contributed by atoms with Crippen LogP contribution < -0.4 is 0 Å². The second kappa shape index (κ2) is 7.43. The van der Waals surface area contributed by atoms with Crippen molar-refractivity contribution in [3.05, 3.63) is 47.8 Å². The number of hydrogen-bond acceptors (Lipinski definition) is 3. The van der Waals surface area contributed by atoms with E-state index in [1.807, 2.05) is 41.0 Å². The normalized spacial score (nSPS) is 21.0. The van der Waals surface area contributed by atoms with Gasteiger partial charge in [0.2, 0.25) is 0 Å². The van der Waals surface area contributed by atoms with Gasteiger partial charge in [-0.2, -0.15) is 0 Å². The molecule has 0 aliphatic carbocycles. The molecule has 5 heteroatoms. The van der Waals surface area contributed by atoms with Gasteiger partial charge >= 0.3 is 0 Å². The van der Waals surface area contributed by atoms with Crippen LogP contribution in [0.2, 0.25) is 0 Å². The molecule has 0 bridgehead atoms. The summed E-state index contributed by atoms with van der Waals surface area (Å²) in [6, 6.07) is 8.03. The highest BCUT2D eigenvalue weighted by Gasteiger charge is 2.25. The highest BCUT2D eigenvalue weighted by molar-refractivity contribution is 7.98. The summed E-state index contributed by atoms with van der Waals surface area (Å²) in [6.07, 6.45) is 4.97. The number of nitrogens with zero attached hydrogens (tertiary/aromatic N) is 3. The molecular formula is C19H25N3OS. The van der Waals surface area contributed by atoms with E-state index in [0.29, 0.717) is 11.8 Å². The summed E-state index contributed by atoms with van der Waals surface area (Å²) in [5.74, 6) is 2.20. The van der Waals surface area contributed by atoms with Gasteiger partial charge in [0.1, 0.15) is 0 Å². The molecule has 2 aromatic rings. The summed E-state index contributed by atoms with van der Waals surface area (Å²) in [6.45, 7) is 6.21. The van der Waals surface area contributed by atoms with Crippen LogP contribution in [-0.4, -0.2) is 33.4 Å². The summed E-state index contributed by atoms with van der Waals surface area (Å²) in [7, 11) is 2.00. The number of likely N-dealkylation sites (tertiary alicyclic amines) is 1. The zero-order valence-electron chi connectivity index (χ0n) is 14.6. The van der Waals surface area contributed by atoms with Crippen LogP contribution in [0.25, 0.3) is 0 Å². The van der Waals surface area contributed by atoms with Gasteiger partial charge < -0.3 is 9.47 Å². The topological polar surface area (TPSA) is 38.1 Å². The Kier molecular flexibility index (Phi) is 5.29. The largest absolute Gasteiger partial charge is 0.338 e. The van der Waals surface area contributed by atoms with Crippen LogP contribution in [0, 0.1) is 11.8 Å². The number of hydrogen-bond donors (Lipinski definition) is 0. The number of carbonyl (C=O) groups excluding carboxylic acids is 1. The molecule has 1 fully saturated rings. The fourth-order valence-corrected chi connectivity index (χ4v) is 4.28. The molecule has 1 saturated heterocycles. The Morgan fingerprint density at radius 1 is 1.21 bits per heavy atom. The molecule has 1 aromatic heterocycles. The van der Waals surface area contributed by atoms with Crippen molar-refractivity contribution in [3.63, 3.8) is 0 Å². The first-order valence-electron chi connectivity index (χ1n) is 8.51. The summed E-state index contributed by atoms with van der Waals surface area (Å²) in [4.78, 5) is 19.0. The van der Waals surface area contributed by atoms with Crippen LogP contribution in [0.15, 0.2) is 41.8 Å². The summed E-state index contributed by atoms with van der Waals surface area (Å²) in [5, 5.41) is 1.01. The highest BCUT2D eigenvalue weighted by Crippen LogP contribution is 2.24. The Balaban J connectivity index is 1.61. The van der Waals surface area contributed by atoms with Crippen LogP contribution in [0.5, 0.6) is 0 Å². The Hall–Kier alpha value is -1.75. The van der Waals surface area contributed by atoms with E-state index in [0.717, 1.165) is 29.6 Å². The summed E-state index contributed by atoms with van der Waals surface area (Å²) in [5.41, 5.74) is 2.00. The molecule has 0 radical (unpaired) electrons. The van der Waals surface area contributed by atoms with Crippen LogP contribution in [0.3, 0.4) is 0 Å². The molecular weight excluding hydrogens is 318 g/mol. The zero-order chi connectivity index (χ0) is 17.1. The zero-order valence-corrected chi connectivity index (χ0v) is 15.4. The van der Waals surface area contributed by atoms with Crippen molar-refractivity contribution in [2.45, 2.75) is 31.2 Å². The maximum atomic E-state index is 12.7. The van der Waals surface area contributed by atoms with E-state index in [-0.39, 0.29) is 5.91 Å². The van der Waals surface area contributed by atoms with Gasteiger partial charge in [0.15, 0.2) is 5.16 Å². The lowest BCUT2D eigenvalue weighted by molar-refractivity contribution is 0.0623. The first-order valence-corrected chi connectivity index (χ1v) is 9.50. The predicted octanol–water partition coefficient (Wildman–Crippen LogP) is 3.83. The third-order valence-electron chi connectivity index (χ3n) is 4.50. The maximum Gasteiger partial charge on any atom is 0.253 e. The minimum atomic E-state index is 0.164. The van der Waals surface area contributed by atoms with Crippen molar-refractivity contribution in [1.29, 1.82) is 0 Å². The fraction of sp³-hybridized carbons (Fsp3) is 0.474. The average molecular weight is 343 g/mol. The monoisotopic (exact) mass is 343 g/mol. The first-order chi connectivity index (χ1) is 11.5. The van der Waals surface area contributed by atoms with E-state index in [1.54, 1.807) is 11.8 Å². The SMILES string of the molecule is CC1CC(C)CN(C(=O)c2ccc(CSc3nccn3C)cc2)C1. The lowest BCUT2D eigenvalue weighted by Crippen LogP contribution is -2.42. The quantitative estimate of drug-likeness (QED) is 0.792. The van der Waals surface area contributed by atoms with E-state index in [2.05, 4.69) is 31.0 Å². The number of imidazole rings is 1. The van der Waals surface area contributed by atoms with Gasteiger partial charge in [-0.3, -0.25) is 4.79 Å². The van der Waals surface area contributed by atoms with E-state index in [4.69, 9.17) is 0 Å². The van der Waals surface area contributed by atoms with Crippen molar-refractivity contribution in [2.24, 2.45) is 18.9 Å². The van der Waals surface area contributed by atoms with Crippen molar-refractivity contribution in [1.82, 2.24) is 14.5 Å². The number of amides is 1. The average Bonchev–Trinajstić information content (AvgIpc) is 2.97. The van der Waals surface area contributed by atoms with Gasteiger partial charge in [-0.15, -0.1) is 0 Å². The molecule has 0 spiro atoms. The molecule has 1 aromatic carbocycles. The molecule has 1 aliphatic rings. The molecule has 2 atom stereocenters. The maximum absolute atomic E-state index is 12.7. The molecule has 1 aliphatic heterocycles. The minimum Gasteiger partial charge on any atom is -0.338 e. The van der Waals surface area contributed by atoms with Crippen molar-refractivity contribution < 1.29 is 4.79 Å². The van der Waals surface area contributed by atoms with E-state index in [9.17, 15) is 4.79 Å². The molecule has 2 unspecified atom stereocenters. The molecule has 0 saturated carbocycles. The lowest BCUT2D eigenvalue weighted by atomic mass is 9.91. The van der Waals surface area contributed by atoms with E-state index in [1.165, 1.54) is 12.0 Å². The molecule has 0 N–H and O–H groups in total. The number of aromatic nitrogens is 2. The van der Waals surface area contributed by atoms with E-state index < -0.39 is 0 Å². The van der Waals surface area contributed by atoms with Gasteiger partial charge in [-0.25, -0.2) is 4.98 Å². The number of thioether (sulfide) groups is 1. The summed E-state index contributed by atoms with van der Waals surface area (Å²) >= 11 is 1.71. The Morgan fingerprint density at radius 3 is 2.46 bits per heavy atom. The van der Waals surface area contributed by atoms with Gasteiger partial charge in [0.05, 0.1) is 0 Å². The lowest BCUT2D eigenvalue weighted by Gasteiger charge is -2.35. The predicted molar refractivity (Wildman–Crippen MR) is 98.1 cm³/mol. The molecule has 128 valence electrons. The fourth-order valence-electron chi connectivity index (χ4n) is 3.39. The Labute approximate surface area is 148 Å². The van der Waals surface area contributed by atoms with Crippen LogP contribution in [-0.2, 0) is 12.8 Å². The molecule has 3 rings (SSSR count). The van der Waals surface area contributed by atoms with Crippen LogP contribution in [0.4, 0.5) is 0 Å². The smallest absolute Gasteiger partial charge is 0.253 e. The molecule has 1 amide bonds. The van der Waals surface area contributed by atoms with E-state index >= 15 is 0 Å². The van der Waals surface area contributed by atoms with Crippen LogP contribution >= 0.6 is 11.8 Å². The van der Waals surface area contributed by atoms with Crippen molar-refractivity contribution >= 4 is 17.7 Å². The minimum absolute atomic E-state index is 0.164. The molecule has 4 nitrogen and oxygen atoms in total. The van der Waals surface area contributed by atoms with Gasteiger partial charge in [-0.05, 0) is 36.0 Å². The number of carbonyl (C=O) groups is 1. The van der Waals surface area contributed by atoms with Crippen molar-refractivity contribution in [2.75, 3.05) is 13.1 Å². The molecule has 2 heterocycles. The third kappa shape index (κ3) is 4.01. The number of piperidine rings is 1. The standard InChI is InChI=1S/C19H25N3OS/c1-14-10-15(2)12-22(11-14)18(23)17-6-4-16(5-7-17)13-24-19-20-8-9-21(19)3/h4-9,14-15H,10-13H2,1-3H3. The number of benzene rings is 1. The van der Waals surface area contributed by atoms with Crippen LogP contribution in [0.1, 0.15) is 36.2 Å². The second-order valence-electron chi connectivity index (χ2n) is 6.96. The first kappa shape index (κ1) is 17.1. The third-order valence-corrected chi connectivity index (χ3v) is 5.63. The Bertz CT molecular complexity index is 685. The van der Waals surface area contributed by atoms with Gasteiger partial charge in [-0.1, -0.05) is 37.7 Å². The highest BCUT2D eigenvalue weighted by atomic mass is 32.2. The van der Waals surface area contributed by atoms with Crippen molar-refractivity contribution in [3.8, 4) is 0 Å².